The van der Waals surface area contributed by atoms with Crippen LogP contribution in [0.5, 0.6) is 0 Å². The number of nitrogens with one attached hydrogen (secondary N) is 1. The Morgan fingerprint density at radius 3 is 2.58 bits per heavy atom. The molecule has 0 spiro atoms. The summed E-state index contributed by atoms with van der Waals surface area (Å²) in [6, 6.07) is 0.374. The van der Waals surface area contributed by atoms with Crippen LogP contribution in [0.2, 0.25) is 0 Å². The van der Waals surface area contributed by atoms with Crippen molar-refractivity contribution in [3.05, 3.63) is 0 Å². The summed E-state index contributed by atoms with van der Waals surface area (Å²) in [6.45, 7) is 11.0. The Balaban J connectivity index is 2.62. The molecule has 1 rings (SSSR count). The predicted molar refractivity (Wildman–Crippen MR) is 79.9 cm³/mol. The molecule has 0 aliphatic carbocycles. The number of primary amides is 1. The molecule has 4 nitrogen and oxygen atoms in total. The highest BCUT2D eigenvalue weighted by Gasteiger charge is 2.34. The van der Waals surface area contributed by atoms with E-state index in [4.69, 9.17) is 5.73 Å². The lowest BCUT2D eigenvalue weighted by Gasteiger charge is -2.35. The predicted octanol–water partition coefficient (Wildman–Crippen LogP) is 1.74. The number of nitrogens with two attached hydrogens (primary N) is 1. The van der Waals surface area contributed by atoms with Crippen LogP contribution in [0.15, 0.2) is 0 Å². The van der Waals surface area contributed by atoms with Crippen LogP contribution < -0.4 is 11.1 Å². The van der Waals surface area contributed by atoms with Crippen molar-refractivity contribution in [1.82, 2.24) is 10.2 Å². The molecule has 112 valence electrons. The highest BCUT2D eigenvalue weighted by atomic mass is 16.1. The van der Waals surface area contributed by atoms with E-state index < -0.39 is 5.54 Å². The van der Waals surface area contributed by atoms with E-state index in [-0.39, 0.29) is 5.91 Å². The highest BCUT2D eigenvalue weighted by Crippen LogP contribution is 2.31. The van der Waals surface area contributed by atoms with Crippen molar-refractivity contribution in [3.63, 3.8) is 0 Å². The van der Waals surface area contributed by atoms with Crippen molar-refractivity contribution in [2.75, 3.05) is 20.1 Å². The number of carbonyl (C=O) groups excluding carboxylic acids is 1. The molecule has 0 aromatic carbocycles. The largest absolute Gasteiger partial charge is 0.368 e. The molecule has 1 saturated heterocycles. The van der Waals surface area contributed by atoms with Gasteiger partial charge in [0.2, 0.25) is 5.91 Å². The second-order valence-electron chi connectivity index (χ2n) is 7.05. The maximum atomic E-state index is 11.6. The second kappa shape index (κ2) is 6.23. The Bertz CT molecular complexity index is 317. The van der Waals surface area contributed by atoms with Gasteiger partial charge in [-0.25, -0.2) is 0 Å². The zero-order valence-electron chi connectivity index (χ0n) is 13.3. The van der Waals surface area contributed by atoms with Crippen molar-refractivity contribution in [1.29, 1.82) is 0 Å². The lowest BCUT2D eigenvalue weighted by molar-refractivity contribution is -0.124. The van der Waals surface area contributed by atoms with Gasteiger partial charge in [-0.05, 0) is 65.1 Å². The van der Waals surface area contributed by atoms with Crippen molar-refractivity contribution in [2.45, 2.75) is 65.0 Å². The number of rotatable bonds is 5. The summed E-state index contributed by atoms with van der Waals surface area (Å²) in [6.07, 6.45) is 4.52. The van der Waals surface area contributed by atoms with E-state index >= 15 is 0 Å². The minimum absolute atomic E-state index is 0.267. The van der Waals surface area contributed by atoms with E-state index in [0.717, 1.165) is 19.5 Å². The fourth-order valence-electron chi connectivity index (χ4n) is 2.93. The number of hydrogen-bond donors (Lipinski definition) is 2. The lowest BCUT2D eigenvalue weighted by Crippen LogP contribution is -2.55. The third kappa shape index (κ3) is 4.46. The zero-order chi connectivity index (χ0) is 14.7. The SMILES string of the molecule is CNC(C)(CC(C)N1CCCC(C)(C)CC1)C(N)=O. The van der Waals surface area contributed by atoms with Crippen LogP contribution >= 0.6 is 0 Å². The molecule has 2 atom stereocenters. The van der Waals surface area contributed by atoms with E-state index in [0.29, 0.717) is 11.5 Å². The van der Waals surface area contributed by atoms with E-state index in [1.165, 1.54) is 19.3 Å². The molecule has 0 bridgehead atoms. The van der Waals surface area contributed by atoms with Crippen molar-refractivity contribution in [3.8, 4) is 0 Å². The number of nitrogens with zero attached hydrogens (tertiary/aromatic N) is 1. The molecule has 1 heterocycles. The molecule has 1 aliphatic rings. The van der Waals surface area contributed by atoms with Crippen LogP contribution in [0.25, 0.3) is 0 Å². The Labute approximate surface area is 118 Å². The molecule has 0 aromatic heterocycles. The van der Waals surface area contributed by atoms with Crippen LogP contribution in [0, 0.1) is 5.41 Å². The van der Waals surface area contributed by atoms with Gasteiger partial charge in [-0.1, -0.05) is 13.8 Å². The molecule has 4 heteroatoms. The van der Waals surface area contributed by atoms with Gasteiger partial charge >= 0.3 is 0 Å². The van der Waals surface area contributed by atoms with Gasteiger partial charge in [0, 0.05) is 6.04 Å². The van der Waals surface area contributed by atoms with Crippen LogP contribution in [0.1, 0.15) is 53.4 Å². The normalized spacial score (nSPS) is 25.3. The van der Waals surface area contributed by atoms with Crippen molar-refractivity contribution < 1.29 is 4.79 Å². The van der Waals surface area contributed by atoms with Crippen LogP contribution in [0.4, 0.5) is 0 Å². The van der Waals surface area contributed by atoms with Gasteiger partial charge in [0.05, 0.1) is 5.54 Å². The molecule has 0 saturated carbocycles. The van der Waals surface area contributed by atoms with E-state index in [1.54, 1.807) is 0 Å². The van der Waals surface area contributed by atoms with Gasteiger partial charge in [0.25, 0.3) is 0 Å². The van der Waals surface area contributed by atoms with Crippen LogP contribution in [-0.4, -0.2) is 42.5 Å². The molecule has 0 radical (unpaired) electrons. The van der Waals surface area contributed by atoms with Crippen molar-refractivity contribution in [2.24, 2.45) is 11.1 Å². The maximum absolute atomic E-state index is 11.6. The lowest BCUT2D eigenvalue weighted by atomic mass is 9.85. The van der Waals surface area contributed by atoms with E-state index in [2.05, 4.69) is 31.0 Å². The first-order valence-corrected chi connectivity index (χ1v) is 7.43. The van der Waals surface area contributed by atoms with Gasteiger partial charge in [0.15, 0.2) is 0 Å². The highest BCUT2D eigenvalue weighted by molar-refractivity contribution is 5.84. The van der Waals surface area contributed by atoms with Gasteiger partial charge in [0.1, 0.15) is 0 Å². The van der Waals surface area contributed by atoms with Gasteiger partial charge in [-0.15, -0.1) is 0 Å². The monoisotopic (exact) mass is 269 g/mol. The first kappa shape index (κ1) is 16.4. The number of likely N-dealkylation sites (N-methyl/N-ethyl adjacent to an activating group) is 1. The number of likely N-dealkylation sites (tertiary alicyclic amines) is 1. The smallest absolute Gasteiger partial charge is 0.237 e. The Morgan fingerprint density at radius 1 is 1.42 bits per heavy atom. The van der Waals surface area contributed by atoms with E-state index in [9.17, 15) is 4.79 Å². The second-order valence-corrected chi connectivity index (χ2v) is 7.05. The molecular formula is C15H31N3O. The molecule has 1 fully saturated rings. The zero-order valence-corrected chi connectivity index (χ0v) is 13.3. The quantitative estimate of drug-likeness (QED) is 0.799. The molecule has 0 aromatic rings. The Morgan fingerprint density at radius 2 is 2.05 bits per heavy atom. The van der Waals surface area contributed by atoms with Crippen LogP contribution in [-0.2, 0) is 4.79 Å². The average molecular weight is 269 g/mol. The first-order valence-electron chi connectivity index (χ1n) is 7.43. The van der Waals surface area contributed by atoms with Gasteiger partial charge in [-0.3, -0.25) is 4.79 Å². The van der Waals surface area contributed by atoms with Gasteiger partial charge < -0.3 is 16.0 Å². The summed E-state index contributed by atoms with van der Waals surface area (Å²) in [5.41, 5.74) is 5.35. The number of hydrogen-bond acceptors (Lipinski definition) is 3. The standard InChI is InChI=1S/C15H31N3O/c1-12(11-15(4,17-5)13(16)19)18-9-6-7-14(2,3)8-10-18/h12,17H,6-11H2,1-5H3,(H2,16,19). The topological polar surface area (TPSA) is 58.4 Å². The molecule has 1 amide bonds. The summed E-state index contributed by atoms with van der Waals surface area (Å²) in [7, 11) is 1.81. The average Bonchev–Trinajstić information content (AvgIpc) is 2.49. The molecule has 3 N–H and O–H groups in total. The summed E-state index contributed by atoms with van der Waals surface area (Å²) >= 11 is 0. The Hall–Kier alpha value is -0.610. The van der Waals surface area contributed by atoms with Crippen molar-refractivity contribution >= 4 is 5.91 Å². The summed E-state index contributed by atoms with van der Waals surface area (Å²) in [5, 5.41) is 3.08. The Kier molecular flexibility index (Phi) is 5.39. The third-order valence-electron chi connectivity index (χ3n) is 4.80. The summed E-state index contributed by atoms with van der Waals surface area (Å²) in [5.74, 6) is -0.267. The molecule has 1 aliphatic heterocycles. The summed E-state index contributed by atoms with van der Waals surface area (Å²) in [4.78, 5) is 14.1. The minimum atomic E-state index is -0.610. The van der Waals surface area contributed by atoms with E-state index in [1.807, 2.05) is 14.0 Å². The molecule has 2 unspecified atom stereocenters. The molecule has 19 heavy (non-hydrogen) atoms. The fraction of sp³-hybridized carbons (Fsp3) is 0.933. The number of carbonyl (C=O) groups is 1. The fourth-order valence-corrected chi connectivity index (χ4v) is 2.93. The van der Waals surface area contributed by atoms with Crippen LogP contribution in [0.3, 0.4) is 0 Å². The summed E-state index contributed by atoms with van der Waals surface area (Å²) < 4.78 is 0. The first-order chi connectivity index (χ1) is 8.70. The third-order valence-corrected chi connectivity index (χ3v) is 4.80. The minimum Gasteiger partial charge on any atom is -0.368 e. The van der Waals surface area contributed by atoms with Gasteiger partial charge in [-0.2, -0.15) is 0 Å². The molecular weight excluding hydrogens is 238 g/mol. The number of amides is 1. The maximum Gasteiger partial charge on any atom is 0.237 e.